The van der Waals surface area contributed by atoms with Gasteiger partial charge in [-0.25, -0.2) is 4.98 Å². The van der Waals surface area contributed by atoms with Gasteiger partial charge in [-0.05, 0) is 37.1 Å². The fraction of sp³-hybridized carbons (Fsp3) is 0.545. The highest BCUT2D eigenvalue weighted by atomic mass is 15.1. The van der Waals surface area contributed by atoms with Crippen molar-refractivity contribution in [3.05, 3.63) is 23.9 Å². The van der Waals surface area contributed by atoms with Gasteiger partial charge in [0.25, 0.3) is 0 Å². The van der Waals surface area contributed by atoms with Crippen LogP contribution in [0.15, 0.2) is 18.3 Å². The summed E-state index contributed by atoms with van der Waals surface area (Å²) >= 11 is 0. The third-order valence-corrected chi connectivity index (χ3v) is 2.69. The predicted octanol–water partition coefficient (Wildman–Crippen LogP) is 1.57. The first-order valence-electron chi connectivity index (χ1n) is 5.14. The summed E-state index contributed by atoms with van der Waals surface area (Å²) in [6.07, 6.45) is 4.42. The predicted molar refractivity (Wildman–Crippen MR) is 58.5 cm³/mol. The molecule has 3 heteroatoms. The first-order valence-corrected chi connectivity index (χ1v) is 5.14. The third kappa shape index (κ3) is 1.87. The van der Waals surface area contributed by atoms with Crippen molar-refractivity contribution >= 4 is 5.82 Å². The molecule has 1 unspecified atom stereocenters. The van der Waals surface area contributed by atoms with E-state index in [0.717, 1.165) is 12.4 Å². The van der Waals surface area contributed by atoms with Gasteiger partial charge in [-0.1, -0.05) is 0 Å². The largest absolute Gasteiger partial charge is 0.363 e. The van der Waals surface area contributed by atoms with Crippen LogP contribution in [0, 0.1) is 0 Å². The quantitative estimate of drug-likeness (QED) is 0.769. The van der Waals surface area contributed by atoms with Crippen molar-refractivity contribution in [3.8, 4) is 0 Å². The average Bonchev–Trinajstić information content (AvgIpc) is 2.71. The molecule has 1 aromatic heterocycles. The van der Waals surface area contributed by atoms with Crippen LogP contribution in [-0.4, -0.2) is 25.6 Å². The van der Waals surface area contributed by atoms with E-state index in [1.54, 1.807) is 0 Å². The van der Waals surface area contributed by atoms with Crippen LogP contribution in [0.1, 0.15) is 24.4 Å². The molecule has 1 saturated heterocycles. The second-order valence-corrected chi connectivity index (χ2v) is 3.99. The van der Waals surface area contributed by atoms with Crippen LogP contribution in [0.2, 0.25) is 0 Å². The highest BCUT2D eigenvalue weighted by molar-refractivity contribution is 5.40. The molecule has 3 nitrogen and oxygen atoms in total. The molecule has 0 aliphatic carbocycles. The maximum atomic E-state index is 4.31. The van der Waals surface area contributed by atoms with E-state index < -0.39 is 0 Å². The van der Waals surface area contributed by atoms with Crippen molar-refractivity contribution in [1.82, 2.24) is 10.3 Å². The second kappa shape index (κ2) is 3.96. The third-order valence-electron chi connectivity index (χ3n) is 2.69. The highest BCUT2D eigenvalue weighted by Gasteiger charge is 2.16. The topological polar surface area (TPSA) is 28.2 Å². The van der Waals surface area contributed by atoms with Crippen LogP contribution in [0.25, 0.3) is 0 Å². The Labute approximate surface area is 85.1 Å². The molecule has 1 aliphatic rings. The molecule has 0 spiro atoms. The number of nitrogens with one attached hydrogen (secondary N) is 1. The summed E-state index contributed by atoms with van der Waals surface area (Å²) in [5.74, 6) is 1.04. The van der Waals surface area contributed by atoms with E-state index in [0.29, 0.717) is 6.04 Å². The van der Waals surface area contributed by atoms with Crippen LogP contribution in [0.5, 0.6) is 0 Å². The van der Waals surface area contributed by atoms with Gasteiger partial charge in [0.1, 0.15) is 5.82 Å². The van der Waals surface area contributed by atoms with E-state index in [-0.39, 0.29) is 0 Å². The molecule has 2 heterocycles. The number of pyridine rings is 1. The minimum absolute atomic E-state index is 0.539. The lowest BCUT2D eigenvalue weighted by Crippen LogP contribution is -2.15. The molecule has 0 radical (unpaired) electrons. The number of aromatic nitrogens is 1. The van der Waals surface area contributed by atoms with Crippen LogP contribution >= 0.6 is 0 Å². The molecule has 76 valence electrons. The normalized spacial score (nSPS) is 21.1. The minimum Gasteiger partial charge on any atom is -0.363 e. The molecule has 1 N–H and O–H groups in total. The van der Waals surface area contributed by atoms with Crippen LogP contribution in [0.3, 0.4) is 0 Å². The van der Waals surface area contributed by atoms with Crippen molar-refractivity contribution < 1.29 is 0 Å². The molecule has 1 aliphatic heterocycles. The molecule has 0 bridgehead atoms. The number of nitrogens with zero attached hydrogens (tertiary/aromatic N) is 2. The Bertz CT molecular complexity index is 303. The number of hydrogen-bond donors (Lipinski definition) is 1. The fourth-order valence-electron chi connectivity index (χ4n) is 1.86. The summed E-state index contributed by atoms with van der Waals surface area (Å²) in [4.78, 5) is 6.35. The van der Waals surface area contributed by atoms with Gasteiger partial charge in [0.15, 0.2) is 0 Å². The fourth-order valence-corrected chi connectivity index (χ4v) is 1.86. The van der Waals surface area contributed by atoms with E-state index in [4.69, 9.17) is 0 Å². The molecule has 1 atom stereocenters. The van der Waals surface area contributed by atoms with Gasteiger partial charge in [0, 0.05) is 26.3 Å². The Kier molecular flexibility index (Phi) is 2.68. The molecule has 0 amide bonds. The Hall–Kier alpha value is -1.09. The SMILES string of the molecule is CN(C)c1cc(C2CCCN2)ccn1. The van der Waals surface area contributed by atoms with Crippen molar-refractivity contribution in [2.75, 3.05) is 25.5 Å². The number of hydrogen-bond acceptors (Lipinski definition) is 3. The van der Waals surface area contributed by atoms with Gasteiger partial charge in [0.2, 0.25) is 0 Å². The van der Waals surface area contributed by atoms with Crippen molar-refractivity contribution in [2.24, 2.45) is 0 Å². The molecule has 14 heavy (non-hydrogen) atoms. The molecule has 2 rings (SSSR count). The summed E-state index contributed by atoms with van der Waals surface area (Å²) in [5.41, 5.74) is 1.36. The van der Waals surface area contributed by atoms with Gasteiger partial charge in [-0.15, -0.1) is 0 Å². The molecule has 1 aromatic rings. The maximum absolute atomic E-state index is 4.31. The van der Waals surface area contributed by atoms with E-state index in [1.807, 2.05) is 25.2 Å². The molecule has 0 aromatic carbocycles. The highest BCUT2D eigenvalue weighted by Crippen LogP contribution is 2.24. The number of anilines is 1. The summed E-state index contributed by atoms with van der Waals surface area (Å²) in [5, 5.41) is 3.49. The second-order valence-electron chi connectivity index (χ2n) is 3.99. The zero-order valence-electron chi connectivity index (χ0n) is 8.83. The Balaban J connectivity index is 2.21. The van der Waals surface area contributed by atoms with E-state index in [9.17, 15) is 0 Å². The first-order chi connectivity index (χ1) is 6.77. The van der Waals surface area contributed by atoms with Crippen molar-refractivity contribution in [1.29, 1.82) is 0 Å². The smallest absolute Gasteiger partial charge is 0.128 e. The van der Waals surface area contributed by atoms with Crippen molar-refractivity contribution in [3.63, 3.8) is 0 Å². The Morgan fingerprint density at radius 1 is 1.50 bits per heavy atom. The minimum atomic E-state index is 0.539. The average molecular weight is 191 g/mol. The van der Waals surface area contributed by atoms with Gasteiger partial charge < -0.3 is 10.2 Å². The number of rotatable bonds is 2. The van der Waals surface area contributed by atoms with Gasteiger partial charge in [-0.3, -0.25) is 0 Å². The Morgan fingerprint density at radius 3 is 3.00 bits per heavy atom. The van der Waals surface area contributed by atoms with Crippen molar-refractivity contribution in [2.45, 2.75) is 18.9 Å². The monoisotopic (exact) mass is 191 g/mol. The lowest BCUT2D eigenvalue weighted by molar-refractivity contribution is 0.646. The van der Waals surface area contributed by atoms with Crippen LogP contribution < -0.4 is 10.2 Å². The zero-order chi connectivity index (χ0) is 9.97. The molecule has 0 saturated carbocycles. The van der Waals surface area contributed by atoms with Gasteiger partial charge >= 0.3 is 0 Å². The molecular formula is C11H17N3. The Morgan fingerprint density at radius 2 is 2.36 bits per heavy atom. The summed E-state index contributed by atoms with van der Waals surface area (Å²) in [6.45, 7) is 1.14. The zero-order valence-corrected chi connectivity index (χ0v) is 8.83. The lowest BCUT2D eigenvalue weighted by atomic mass is 10.1. The van der Waals surface area contributed by atoms with E-state index in [1.165, 1.54) is 18.4 Å². The summed E-state index contributed by atoms with van der Waals surface area (Å²) in [7, 11) is 4.04. The van der Waals surface area contributed by atoms with E-state index in [2.05, 4.69) is 22.4 Å². The maximum Gasteiger partial charge on any atom is 0.128 e. The van der Waals surface area contributed by atoms with Crippen LogP contribution in [0.4, 0.5) is 5.82 Å². The first kappa shape index (κ1) is 9.46. The summed E-state index contributed by atoms with van der Waals surface area (Å²) in [6, 6.07) is 4.82. The molecule has 1 fully saturated rings. The van der Waals surface area contributed by atoms with Gasteiger partial charge in [0.05, 0.1) is 0 Å². The lowest BCUT2D eigenvalue weighted by Gasteiger charge is -2.15. The molecular weight excluding hydrogens is 174 g/mol. The van der Waals surface area contributed by atoms with Crippen LogP contribution in [-0.2, 0) is 0 Å². The van der Waals surface area contributed by atoms with Gasteiger partial charge in [-0.2, -0.15) is 0 Å². The van der Waals surface area contributed by atoms with E-state index >= 15 is 0 Å². The standard InChI is InChI=1S/C11H17N3/c1-14(2)11-8-9(5-7-13-11)10-4-3-6-12-10/h5,7-8,10,12H,3-4,6H2,1-2H3. The summed E-state index contributed by atoms with van der Waals surface area (Å²) < 4.78 is 0.